The van der Waals surface area contributed by atoms with Gasteiger partial charge in [0.15, 0.2) is 0 Å². The molecule has 0 saturated heterocycles. The van der Waals surface area contributed by atoms with Crippen LogP contribution in [0.4, 0.5) is 17.2 Å². The summed E-state index contributed by atoms with van der Waals surface area (Å²) in [5.74, 6) is 0.239. The third-order valence-electron chi connectivity index (χ3n) is 2.66. The second-order valence-corrected chi connectivity index (χ2v) is 4.80. The first-order valence-electron chi connectivity index (χ1n) is 5.55. The molecule has 2 rings (SSSR count). The van der Waals surface area contributed by atoms with Crippen molar-refractivity contribution in [2.75, 3.05) is 5.32 Å². The Morgan fingerprint density at radius 1 is 1.47 bits per heavy atom. The van der Waals surface area contributed by atoms with Crippen molar-refractivity contribution >= 4 is 33.1 Å². The average molecular weight is 321 g/mol. The first-order valence-corrected chi connectivity index (χ1v) is 6.34. The summed E-state index contributed by atoms with van der Waals surface area (Å²) in [5.41, 5.74) is 1.94. The van der Waals surface area contributed by atoms with Gasteiger partial charge in [0.25, 0.3) is 0 Å². The molecule has 0 aliphatic rings. The van der Waals surface area contributed by atoms with Crippen LogP contribution in [0.5, 0.6) is 0 Å². The molecule has 0 unspecified atom stereocenters. The lowest BCUT2D eigenvalue weighted by atomic mass is 10.2. The largest absolute Gasteiger partial charge is 0.334 e. The van der Waals surface area contributed by atoms with E-state index < -0.39 is 4.92 Å². The highest BCUT2D eigenvalue weighted by atomic mass is 79.9. The first kappa shape index (κ1) is 13.5. The van der Waals surface area contributed by atoms with E-state index in [0.29, 0.717) is 21.4 Å². The monoisotopic (exact) mass is 320 g/mol. The van der Waals surface area contributed by atoms with Crippen molar-refractivity contribution < 1.29 is 4.92 Å². The van der Waals surface area contributed by atoms with Crippen LogP contribution >= 0.6 is 15.9 Å². The third kappa shape index (κ3) is 2.73. The van der Waals surface area contributed by atoms with Crippen LogP contribution in [0.2, 0.25) is 0 Å². The predicted molar refractivity (Wildman–Crippen MR) is 76.6 cm³/mol. The number of hydrogen-bond acceptors (Lipinski definition) is 4. The minimum atomic E-state index is -0.429. The summed E-state index contributed by atoms with van der Waals surface area (Å²) in [4.78, 5) is 15.0. The van der Waals surface area contributed by atoms with Crippen LogP contribution in [-0.2, 0) is 0 Å². The molecule has 1 heterocycles. The zero-order chi connectivity index (χ0) is 14.0. The molecule has 97 valence electrons. The van der Waals surface area contributed by atoms with E-state index in [4.69, 9.17) is 0 Å². The molecule has 1 N–H and O–H groups in total. The minimum absolute atomic E-state index is 0.0265. The van der Waals surface area contributed by atoms with Crippen LogP contribution in [0, 0.1) is 30.0 Å². The van der Waals surface area contributed by atoms with Crippen molar-refractivity contribution in [2.45, 2.75) is 13.8 Å². The quantitative estimate of drug-likeness (QED) is 0.687. The van der Waals surface area contributed by atoms with E-state index in [1.165, 1.54) is 0 Å². The van der Waals surface area contributed by atoms with Crippen LogP contribution < -0.4 is 5.32 Å². The molecule has 0 amide bonds. The lowest BCUT2D eigenvalue weighted by Crippen LogP contribution is -2.04. The van der Waals surface area contributed by atoms with E-state index in [1.807, 2.05) is 0 Å². The summed E-state index contributed by atoms with van der Waals surface area (Å²) in [5, 5.41) is 14.2. The first-order chi connectivity index (χ1) is 9.00. The number of aromatic nitrogens is 1. The maximum absolute atomic E-state index is 11.2. The van der Waals surface area contributed by atoms with Gasteiger partial charge >= 0.3 is 5.69 Å². The topological polar surface area (TPSA) is 68.1 Å². The number of hydrogen-bond donors (Lipinski definition) is 1. The summed E-state index contributed by atoms with van der Waals surface area (Å²) in [7, 11) is 0. The molecular formula is C13H11BrN3O2. The summed E-state index contributed by atoms with van der Waals surface area (Å²) >= 11 is 3.32. The molecule has 0 fully saturated rings. The second-order valence-electron chi connectivity index (χ2n) is 4.01. The highest BCUT2D eigenvalue weighted by molar-refractivity contribution is 9.10. The molecule has 0 bridgehead atoms. The molecule has 6 heteroatoms. The van der Waals surface area contributed by atoms with Crippen LogP contribution in [0.25, 0.3) is 0 Å². The van der Waals surface area contributed by atoms with Crippen LogP contribution in [-0.4, -0.2) is 9.91 Å². The zero-order valence-corrected chi connectivity index (χ0v) is 12.0. The number of nitrogens with zero attached hydrogens (tertiary/aromatic N) is 2. The van der Waals surface area contributed by atoms with Crippen molar-refractivity contribution in [3.05, 3.63) is 56.2 Å². The maximum atomic E-state index is 11.2. The van der Waals surface area contributed by atoms with Gasteiger partial charge in [0.2, 0.25) is 5.82 Å². The number of nitro groups is 1. The summed E-state index contributed by atoms with van der Waals surface area (Å²) in [6.07, 6.45) is 0. The molecule has 1 aromatic carbocycles. The highest BCUT2D eigenvalue weighted by Crippen LogP contribution is 2.34. The van der Waals surface area contributed by atoms with Crippen molar-refractivity contribution in [3.63, 3.8) is 0 Å². The molecule has 0 aliphatic carbocycles. The molecule has 0 saturated carbocycles. The number of halogens is 1. The van der Waals surface area contributed by atoms with Crippen LogP contribution in [0.1, 0.15) is 11.3 Å². The fourth-order valence-corrected chi connectivity index (χ4v) is 2.02. The Morgan fingerprint density at radius 3 is 2.79 bits per heavy atom. The predicted octanol–water partition coefficient (Wildman–Crippen LogP) is 3.91. The smallest absolute Gasteiger partial charge is 0.315 e. The number of benzene rings is 1. The van der Waals surface area contributed by atoms with Gasteiger partial charge in [-0.2, -0.15) is 0 Å². The fourth-order valence-electron chi connectivity index (χ4n) is 1.74. The fraction of sp³-hybridized carbons (Fsp3) is 0.154. The Balaban J connectivity index is 2.53. The van der Waals surface area contributed by atoms with Crippen molar-refractivity contribution in [1.82, 2.24) is 4.98 Å². The van der Waals surface area contributed by atoms with Crippen LogP contribution in [0.3, 0.4) is 0 Å². The average Bonchev–Trinajstić information content (AvgIpc) is 2.37. The number of anilines is 2. The van der Waals surface area contributed by atoms with Gasteiger partial charge in [0, 0.05) is 15.7 Å². The number of nitrogens with one attached hydrogen (secondary N) is 1. The Labute approximate surface area is 119 Å². The van der Waals surface area contributed by atoms with Gasteiger partial charge in [-0.1, -0.05) is 12.1 Å². The van der Waals surface area contributed by atoms with Gasteiger partial charge in [-0.25, -0.2) is 4.98 Å². The Morgan fingerprint density at radius 2 is 2.21 bits per heavy atom. The van der Waals surface area contributed by atoms with Gasteiger partial charge in [-0.05, 0) is 48.0 Å². The van der Waals surface area contributed by atoms with Gasteiger partial charge in [-0.15, -0.1) is 0 Å². The van der Waals surface area contributed by atoms with Crippen molar-refractivity contribution in [3.8, 4) is 0 Å². The SMILES string of the molecule is Cc1nc(Nc2c[c]ccc2)c([N+](=O)[O-])c(C)c1Br. The van der Waals surface area contributed by atoms with E-state index in [1.54, 1.807) is 38.1 Å². The van der Waals surface area contributed by atoms with Crippen molar-refractivity contribution in [1.29, 1.82) is 0 Å². The Hall–Kier alpha value is -1.95. The number of pyridine rings is 1. The second kappa shape index (κ2) is 5.36. The molecule has 0 spiro atoms. The summed E-state index contributed by atoms with van der Waals surface area (Å²) < 4.78 is 0.657. The van der Waals surface area contributed by atoms with Gasteiger partial charge < -0.3 is 5.32 Å². The van der Waals surface area contributed by atoms with E-state index in [0.717, 1.165) is 0 Å². The molecule has 0 aliphatic heterocycles. The lowest BCUT2D eigenvalue weighted by molar-refractivity contribution is -0.384. The van der Waals surface area contributed by atoms with E-state index >= 15 is 0 Å². The summed E-state index contributed by atoms with van der Waals surface area (Å²) in [6.45, 7) is 3.49. The van der Waals surface area contributed by atoms with Gasteiger partial charge in [0.1, 0.15) is 0 Å². The van der Waals surface area contributed by atoms with Crippen LogP contribution in [0.15, 0.2) is 28.7 Å². The zero-order valence-electron chi connectivity index (χ0n) is 10.4. The third-order valence-corrected chi connectivity index (χ3v) is 3.83. The molecular weight excluding hydrogens is 310 g/mol. The molecule has 19 heavy (non-hydrogen) atoms. The normalized spacial score (nSPS) is 10.3. The van der Waals surface area contributed by atoms with E-state index in [2.05, 4.69) is 32.3 Å². The Kier molecular flexibility index (Phi) is 3.80. The van der Waals surface area contributed by atoms with E-state index in [9.17, 15) is 10.1 Å². The molecule has 5 nitrogen and oxygen atoms in total. The van der Waals surface area contributed by atoms with E-state index in [-0.39, 0.29) is 11.5 Å². The number of rotatable bonds is 3. The molecule has 1 radical (unpaired) electrons. The van der Waals surface area contributed by atoms with Gasteiger partial charge in [0.05, 0.1) is 10.6 Å². The molecule has 2 aromatic rings. The molecule has 0 atom stereocenters. The standard InChI is InChI=1S/C13H11BrN3O2/c1-8-11(14)9(2)15-13(12(8)17(18)19)16-10-6-4-3-5-7-10/h3-4,6-7H,1-2H3,(H,15,16). The minimum Gasteiger partial charge on any atom is -0.334 e. The lowest BCUT2D eigenvalue weighted by Gasteiger charge is -2.10. The molecule has 1 aromatic heterocycles. The van der Waals surface area contributed by atoms with Gasteiger partial charge in [-0.3, -0.25) is 10.1 Å². The summed E-state index contributed by atoms with van der Waals surface area (Å²) in [6, 6.07) is 9.96. The van der Waals surface area contributed by atoms with Crippen molar-refractivity contribution in [2.24, 2.45) is 0 Å². The highest BCUT2D eigenvalue weighted by Gasteiger charge is 2.23. The number of aryl methyl sites for hydroxylation is 1. The maximum Gasteiger partial charge on any atom is 0.315 e. The Bertz CT molecular complexity index is 630.